The topological polar surface area (TPSA) is 26.3 Å². The third-order valence-corrected chi connectivity index (χ3v) is 4.41. The van der Waals surface area contributed by atoms with E-state index in [-0.39, 0.29) is 11.6 Å². The molecule has 0 rings (SSSR count). The second-order valence-electron chi connectivity index (χ2n) is 6.94. The molecule has 18 heavy (non-hydrogen) atoms. The Kier molecular flexibility index (Phi) is 5.90. The molecule has 2 heteroatoms. The maximum absolute atomic E-state index is 12.4. The third-order valence-electron chi connectivity index (χ3n) is 4.41. The van der Waals surface area contributed by atoms with Crippen molar-refractivity contribution < 1.29 is 9.53 Å². The summed E-state index contributed by atoms with van der Waals surface area (Å²) in [6, 6.07) is 0. The molecule has 0 spiro atoms. The Morgan fingerprint density at radius 1 is 0.944 bits per heavy atom. The Morgan fingerprint density at radius 3 is 1.50 bits per heavy atom. The molecular weight excluding hydrogens is 224 g/mol. The van der Waals surface area contributed by atoms with Gasteiger partial charge in [0.1, 0.15) is 5.60 Å². The zero-order valence-corrected chi connectivity index (χ0v) is 13.8. The number of rotatable bonds is 6. The van der Waals surface area contributed by atoms with Gasteiger partial charge in [-0.15, -0.1) is 0 Å². The molecule has 0 aliphatic heterocycles. The van der Waals surface area contributed by atoms with Gasteiger partial charge in [0.05, 0.1) is 5.41 Å². The van der Waals surface area contributed by atoms with Crippen LogP contribution in [0.2, 0.25) is 0 Å². The number of carbonyl (C=O) groups excluding carboxylic acids is 1. The second kappa shape index (κ2) is 6.08. The van der Waals surface area contributed by atoms with Crippen molar-refractivity contribution in [2.45, 2.75) is 74.3 Å². The Balaban J connectivity index is 5.32. The maximum atomic E-state index is 12.4. The molecule has 108 valence electrons. The lowest BCUT2D eigenvalue weighted by Crippen LogP contribution is -2.51. The normalized spacial score (nSPS) is 13.6. The monoisotopic (exact) mass is 256 g/mol. The summed E-state index contributed by atoms with van der Waals surface area (Å²) in [5, 5.41) is 0. The van der Waals surface area contributed by atoms with E-state index in [9.17, 15) is 4.79 Å². The van der Waals surface area contributed by atoms with Crippen LogP contribution in [0.15, 0.2) is 0 Å². The summed E-state index contributed by atoms with van der Waals surface area (Å²) in [5.41, 5.74) is -0.770. The second-order valence-corrected chi connectivity index (χ2v) is 6.94. The van der Waals surface area contributed by atoms with Gasteiger partial charge in [-0.3, -0.25) is 4.79 Å². The molecule has 0 N–H and O–H groups in total. The van der Waals surface area contributed by atoms with E-state index in [1.54, 1.807) is 0 Å². The first-order valence-electron chi connectivity index (χ1n) is 7.25. The minimum Gasteiger partial charge on any atom is -0.458 e. The van der Waals surface area contributed by atoms with Crippen LogP contribution in [0.3, 0.4) is 0 Å². The van der Waals surface area contributed by atoms with Crippen LogP contribution in [0.25, 0.3) is 0 Å². The highest BCUT2D eigenvalue weighted by molar-refractivity contribution is 5.76. The fraction of sp³-hybridized carbons (Fsp3) is 0.938. The van der Waals surface area contributed by atoms with Gasteiger partial charge in [-0.25, -0.2) is 0 Å². The molecule has 0 bridgehead atoms. The fourth-order valence-electron chi connectivity index (χ4n) is 2.80. The third kappa shape index (κ3) is 3.27. The summed E-state index contributed by atoms with van der Waals surface area (Å²) < 4.78 is 6.04. The van der Waals surface area contributed by atoms with Crippen molar-refractivity contribution in [3.8, 4) is 0 Å². The number of carbonyl (C=O) groups is 1. The summed E-state index contributed by atoms with van der Waals surface area (Å²) in [4.78, 5) is 12.4. The molecular formula is C16H32O2. The largest absolute Gasteiger partial charge is 0.458 e. The quantitative estimate of drug-likeness (QED) is 0.645. The summed E-state index contributed by atoms with van der Waals surface area (Å²) in [5.74, 6) is 0.874. The van der Waals surface area contributed by atoms with E-state index in [2.05, 4.69) is 41.5 Å². The number of ether oxygens (including phenoxy) is 1. The SMILES string of the molecule is CCC(C)(C)C(=O)OC(C(C)C)(C(C)C)C(C)C. The van der Waals surface area contributed by atoms with Gasteiger partial charge in [0.2, 0.25) is 0 Å². The number of hydrogen-bond donors (Lipinski definition) is 0. The molecule has 0 fully saturated rings. The zero-order chi connectivity index (χ0) is 14.7. The molecule has 0 unspecified atom stereocenters. The first-order chi connectivity index (χ1) is 8.02. The van der Waals surface area contributed by atoms with Crippen LogP contribution in [0.5, 0.6) is 0 Å². The fourth-order valence-corrected chi connectivity index (χ4v) is 2.80. The summed E-state index contributed by atoms with van der Waals surface area (Å²) in [6.07, 6.45) is 0.802. The first-order valence-corrected chi connectivity index (χ1v) is 7.25. The maximum Gasteiger partial charge on any atom is 0.312 e. The smallest absolute Gasteiger partial charge is 0.312 e. The Morgan fingerprint density at radius 2 is 1.28 bits per heavy atom. The van der Waals surface area contributed by atoms with Crippen molar-refractivity contribution in [1.29, 1.82) is 0 Å². The molecule has 0 saturated heterocycles. The van der Waals surface area contributed by atoms with E-state index in [1.165, 1.54) is 0 Å². The molecule has 0 aromatic rings. The lowest BCUT2D eigenvalue weighted by atomic mass is 9.72. The molecule has 0 amide bonds. The summed E-state index contributed by atoms with van der Waals surface area (Å²) in [7, 11) is 0. The number of hydrogen-bond acceptors (Lipinski definition) is 2. The van der Waals surface area contributed by atoms with Crippen LogP contribution < -0.4 is 0 Å². The molecule has 0 heterocycles. The van der Waals surface area contributed by atoms with Crippen LogP contribution in [-0.4, -0.2) is 11.6 Å². The van der Waals surface area contributed by atoms with Crippen molar-refractivity contribution in [2.75, 3.05) is 0 Å². The zero-order valence-electron chi connectivity index (χ0n) is 13.8. The Bertz CT molecular complexity index is 253. The first kappa shape index (κ1) is 17.5. The van der Waals surface area contributed by atoms with Crippen molar-refractivity contribution >= 4 is 5.97 Å². The predicted molar refractivity (Wildman–Crippen MR) is 77.4 cm³/mol. The Hall–Kier alpha value is -0.530. The van der Waals surface area contributed by atoms with Gasteiger partial charge in [-0.1, -0.05) is 48.5 Å². The molecule has 0 aliphatic rings. The molecule has 0 radical (unpaired) electrons. The highest BCUT2D eigenvalue weighted by Gasteiger charge is 2.46. The van der Waals surface area contributed by atoms with E-state index in [1.807, 2.05) is 20.8 Å². The van der Waals surface area contributed by atoms with E-state index < -0.39 is 5.41 Å². The minimum atomic E-state index is -0.399. The van der Waals surface area contributed by atoms with Gasteiger partial charge < -0.3 is 4.74 Å². The number of esters is 1. The van der Waals surface area contributed by atoms with Gasteiger partial charge in [0.25, 0.3) is 0 Å². The molecule has 0 aromatic heterocycles. The van der Waals surface area contributed by atoms with Gasteiger partial charge in [-0.05, 0) is 38.0 Å². The van der Waals surface area contributed by atoms with Gasteiger partial charge in [0, 0.05) is 0 Å². The van der Waals surface area contributed by atoms with Gasteiger partial charge in [-0.2, -0.15) is 0 Å². The van der Waals surface area contributed by atoms with Crippen LogP contribution >= 0.6 is 0 Å². The Labute approximate surface area is 113 Å². The van der Waals surface area contributed by atoms with Crippen molar-refractivity contribution in [1.82, 2.24) is 0 Å². The van der Waals surface area contributed by atoms with E-state index >= 15 is 0 Å². The van der Waals surface area contributed by atoms with Gasteiger partial charge >= 0.3 is 5.97 Å². The highest BCUT2D eigenvalue weighted by atomic mass is 16.6. The molecule has 0 aromatic carbocycles. The van der Waals surface area contributed by atoms with Crippen LogP contribution in [0, 0.1) is 23.2 Å². The van der Waals surface area contributed by atoms with Crippen LogP contribution in [-0.2, 0) is 9.53 Å². The van der Waals surface area contributed by atoms with Crippen molar-refractivity contribution in [3.63, 3.8) is 0 Å². The molecule has 0 aliphatic carbocycles. The highest BCUT2D eigenvalue weighted by Crippen LogP contribution is 2.39. The standard InChI is InChI=1S/C16H32O2/c1-10-15(8,9)14(17)18-16(11(2)3,12(4)5)13(6)7/h11-13H,10H2,1-9H3. The lowest BCUT2D eigenvalue weighted by molar-refractivity contribution is -0.191. The van der Waals surface area contributed by atoms with E-state index in [0.29, 0.717) is 17.8 Å². The average Bonchev–Trinajstić information content (AvgIpc) is 2.23. The average molecular weight is 256 g/mol. The summed E-state index contributed by atoms with van der Waals surface area (Å²) >= 11 is 0. The van der Waals surface area contributed by atoms with Crippen LogP contribution in [0.1, 0.15) is 68.7 Å². The van der Waals surface area contributed by atoms with Crippen molar-refractivity contribution in [2.24, 2.45) is 23.2 Å². The molecule has 0 saturated carbocycles. The van der Waals surface area contributed by atoms with Crippen LogP contribution in [0.4, 0.5) is 0 Å². The van der Waals surface area contributed by atoms with E-state index in [4.69, 9.17) is 4.74 Å². The lowest BCUT2D eigenvalue weighted by Gasteiger charge is -2.45. The van der Waals surface area contributed by atoms with Gasteiger partial charge in [0.15, 0.2) is 0 Å². The summed E-state index contributed by atoms with van der Waals surface area (Å²) in [6.45, 7) is 18.8. The molecule has 2 nitrogen and oxygen atoms in total. The predicted octanol–water partition coefficient (Wildman–Crippen LogP) is 4.67. The minimum absolute atomic E-state index is 0.0684. The van der Waals surface area contributed by atoms with Crippen molar-refractivity contribution in [3.05, 3.63) is 0 Å². The molecule has 0 atom stereocenters. The van der Waals surface area contributed by atoms with E-state index in [0.717, 1.165) is 6.42 Å².